The number of fused-ring (bicyclic) bond motifs is 1. The summed E-state index contributed by atoms with van der Waals surface area (Å²) in [6, 6.07) is 3.41. The van der Waals surface area contributed by atoms with E-state index in [9.17, 15) is 0 Å². The molecule has 1 aromatic carbocycles. The predicted molar refractivity (Wildman–Crippen MR) is 60.8 cm³/mol. The van der Waals surface area contributed by atoms with Crippen molar-refractivity contribution in [2.75, 3.05) is 6.61 Å². The van der Waals surface area contributed by atoms with E-state index in [1.807, 2.05) is 0 Å². The van der Waals surface area contributed by atoms with Gasteiger partial charge >= 0.3 is 0 Å². The van der Waals surface area contributed by atoms with Gasteiger partial charge in [0.05, 0.1) is 11.6 Å². The third kappa shape index (κ3) is 1.94. The van der Waals surface area contributed by atoms with E-state index in [4.69, 9.17) is 33.7 Å². The fourth-order valence-corrected chi connectivity index (χ4v) is 1.98. The fraction of sp³-hybridized carbons (Fsp3) is 0.333. The summed E-state index contributed by atoms with van der Waals surface area (Å²) >= 11 is 11.9. The van der Waals surface area contributed by atoms with Crippen LogP contribution in [0.25, 0.3) is 0 Å². The first-order valence-corrected chi connectivity index (χ1v) is 4.82. The van der Waals surface area contributed by atoms with Crippen molar-refractivity contribution in [1.29, 1.82) is 0 Å². The molecule has 0 fully saturated rings. The van der Waals surface area contributed by atoms with Crippen LogP contribution >= 0.6 is 35.6 Å². The van der Waals surface area contributed by atoms with E-state index < -0.39 is 0 Å². The molecule has 0 aromatic heterocycles. The molecule has 1 aromatic rings. The van der Waals surface area contributed by atoms with E-state index >= 15 is 0 Å². The summed E-state index contributed by atoms with van der Waals surface area (Å²) in [6.07, 6.45) is 0.785. The van der Waals surface area contributed by atoms with Gasteiger partial charge in [0.2, 0.25) is 0 Å². The molecule has 0 unspecified atom stereocenters. The Labute approximate surface area is 98.7 Å². The number of rotatable bonds is 0. The number of benzene rings is 1. The highest BCUT2D eigenvalue weighted by Gasteiger charge is 2.23. The summed E-state index contributed by atoms with van der Waals surface area (Å²) in [6.45, 7) is 0.605. The molecule has 0 saturated carbocycles. The average molecular weight is 255 g/mol. The zero-order valence-corrected chi connectivity index (χ0v) is 9.62. The zero-order valence-electron chi connectivity index (χ0n) is 7.30. The maximum Gasteiger partial charge on any atom is 0.144 e. The van der Waals surface area contributed by atoms with E-state index in [2.05, 4.69) is 0 Å². The second-order valence-corrected chi connectivity index (χ2v) is 3.83. The largest absolute Gasteiger partial charge is 0.492 e. The van der Waals surface area contributed by atoms with E-state index in [1.54, 1.807) is 12.1 Å². The van der Waals surface area contributed by atoms with Crippen LogP contribution in [-0.4, -0.2) is 6.61 Å². The average Bonchev–Trinajstić information content (AvgIpc) is 2.12. The molecule has 0 saturated heterocycles. The minimum Gasteiger partial charge on any atom is -0.492 e. The van der Waals surface area contributed by atoms with Crippen LogP contribution in [0, 0.1) is 0 Å². The number of halogens is 3. The molecule has 2 N–H and O–H groups in total. The molecule has 0 radical (unpaired) electrons. The summed E-state index contributed by atoms with van der Waals surface area (Å²) in [4.78, 5) is 0. The van der Waals surface area contributed by atoms with Gasteiger partial charge in [0, 0.05) is 23.0 Å². The number of nitrogens with two attached hydrogens (primary N) is 1. The topological polar surface area (TPSA) is 35.2 Å². The van der Waals surface area contributed by atoms with Crippen molar-refractivity contribution in [3.63, 3.8) is 0 Å². The van der Waals surface area contributed by atoms with Crippen LogP contribution in [0.1, 0.15) is 18.0 Å². The Hall–Kier alpha value is -0.150. The molecular formula is C9H10Cl3NO. The first-order chi connectivity index (χ1) is 6.20. The molecule has 0 spiro atoms. The molecule has 2 rings (SSSR count). The monoisotopic (exact) mass is 253 g/mol. The van der Waals surface area contributed by atoms with Crippen LogP contribution in [0.2, 0.25) is 10.0 Å². The van der Waals surface area contributed by atoms with E-state index in [0.717, 1.165) is 12.0 Å². The van der Waals surface area contributed by atoms with Crippen LogP contribution in [0.3, 0.4) is 0 Å². The highest BCUT2D eigenvalue weighted by atomic mass is 35.5. The summed E-state index contributed by atoms with van der Waals surface area (Å²) in [5.74, 6) is 0.646. The summed E-state index contributed by atoms with van der Waals surface area (Å²) in [7, 11) is 0. The van der Waals surface area contributed by atoms with E-state index in [-0.39, 0.29) is 18.4 Å². The van der Waals surface area contributed by atoms with Crippen LogP contribution in [0.5, 0.6) is 5.75 Å². The highest BCUT2D eigenvalue weighted by Crippen LogP contribution is 2.40. The van der Waals surface area contributed by atoms with E-state index in [0.29, 0.717) is 22.4 Å². The smallest absolute Gasteiger partial charge is 0.144 e. The Morgan fingerprint density at radius 1 is 1.29 bits per heavy atom. The summed E-state index contributed by atoms with van der Waals surface area (Å²) in [5, 5.41) is 1.21. The molecule has 14 heavy (non-hydrogen) atoms. The lowest BCUT2D eigenvalue weighted by Gasteiger charge is -2.24. The SMILES string of the molecule is Cl.N[C@@H]1CCOc2c(Cl)ccc(Cl)c21. The Morgan fingerprint density at radius 2 is 1.93 bits per heavy atom. The van der Waals surface area contributed by atoms with Crippen LogP contribution < -0.4 is 10.5 Å². The molecule has 5 heteroatoms. The van der Waals surface area contributed by atoms with Crippen molar-refractivity contribution in [1.82, 2.24) is 0 Å². The number of hydrogen-bond donors (Lipinski definition) is 1. The molecule has 1 heterocycles. The summed E-state index contributed by atoms with van der Waals surface area (Å²) < 4.78 is 5.41. The molecule has 1 atom stereocenters. The van der Waals surface area contributed by atoms with Gasteiger partial charge in [0.25, 0.3) is 0 Å². The van der Waals surface area contributed by atoms with Crippen molar-refractivity contribution in [2.24, 2.45) is 5.73 Å². The van der Waals surface area contributed by atoms with Crippen molar-refractivity contribution in [3.05, 3.63) is 27.7 Å². The Bertz CT molecular complexity index is 343. The molecule has 2 nitrogen and oxygen atoms in total. The molecule has 0 bridgehead atoms. The van der Waals surface area contributed by atoms with Crippen molar-refractivity contribution in [2.45, 2.75) is 12.5 Å². The van der Waals surface area contributed by atoms with Gasteiger partial charge in [0.1, 0.15) is 5.75 Å². The predicted octanol–water partition coefficient (Wildman–Crippen LogP) is 3.20. The Balaban J connectivity index is 0.000000980. The lowest BCUT2D eigenvalue weighted by atomic mass is 10.0. The Kier molecular flexibility index (Phi) is 3.90. The first-order valence-electron chi connectivity index (χ1n) is 4.06. The van der Waals surface area contributed by atoms with Crippen LogP contribution in [-0.2, 0) is 0 Å². The van der Waals surface area contributed by atoms with Gasteiger partial charge in [-0.15, -0.1) is 12.4 Å². The second-order valence-electron chi connectivity index (χ2n) is 3.02. The lowest BCUT2D eigenvalue weighted by Crippen LogP contribution is -2.21. The minimum atomic E-state index is -0.0602. The second kappa shape index (κ2) is 4.58. The Morgan fingerprint density at radius 3 is 2.57 bits per heavy atom. The number of ether oxygens (including phenoxy) is 1. The maximum absolute atomic E-state index is 5.99. The fourth-order valence-electron chi connectivity index (χ4n) is 1.47. The molecule has 1 aliphatic heterocycles. The van der Waals surface area contributed by atoms with Gasteiger partial charge in [0.15, 0.2) is 0 Å². The standard InChI is InChI=1S/C9H9Cl2NO.ClH/c10-5-1-2-6(11)9-8(5)7(12)3-4-13-9;/h1-2,7H,3-4,12H2;1H/t7-;/m1./s1. The quantitative estimate of drug-likeness (QED) is 0.772. The van der Waals surface area contributed by atoms with Gasteiger partial charge in [-0.1, -0.05) is 23.2 Å². The van der Waals surface area contributed by atoms with Gasteiger partial charge < -0.3 is 10.5 Å². The van der Waals surface area contributed by atoms with Gasteiger partial charge in [-0.05, 0) is 12.1 Å². The van der Waals surface area contributed by atoms with Gasteiger partial charge in [-0.3, -0.25) is 0 Å². The molecule has 1 aliphatic rings. The van der Waals surface area contributed by atoms with Crippen molar-refractivity contribution >= 4 is 35.6 Å². The first kappa shape index (κ1) is 11.9. The lowest BCUT2D eigenvalue weighted by molar-refractivity contribution is 0.269. The van der Waals surface area contributed by atoms with Crippen molar-refractivity contribution < 1.29 is 4.74 Å². The van der Waals surface area contributed by atoms with Gasteiger partial charge in [-0.25, -0.2) is 0 Å². The van der Waals surface area contributed by atoms with E-state index in [1.165, 1.54) is 0 Å². The minimum absolute atomic E-state index is 0. The summed E-state index contributed by atoms with van der Waals surface area (Å²) in [5.41, 5.74) is 6.73. The number of hydrogen-bond acceptors (Lipinski definition) is 2. The van der Waals surface area contributed by atoms with Gasteiger partial charge in [-0.2, -0.15) is 0 Å². The van der Waals surface area contributed by atoms with Crippen LogP contribution in [0.4, 0.5) is 0 Å². The molecular weight excluding hydrogens is 244 g/mol. The molecule has 78 valence electrons. The zero-order chi connectivity index (χ0) is 9.42. The third-order valence-corrected chi connectivity index (χ3v) is 2.77. The highest BCUT2D eigenvalue weighted by molar-refractivity contribution is 6.35. The van der Waals surface area contributed by atoms with Crippen LogP contribution in [0.15, 0.2) is 12.1 Å². The molecule has 0 aliphatic carbocycles. The third-order valence-electron chi connectivity index (χ3n) is 2.14. The normalized spacial score (nSPS) is 19.2. The van der Waals surface area contributed by atoms with Crippen molar-refractivity contribution in [3.8, 4) is 5.75 Å². The maximum atomic E-state index is 5.99. The molecule has 0 amide bonds.